The molecular formula is C32H38N8. The third-order valence-corrected chi connectivity index (χ3v) is 6.98. The summed E-state index contributed by atoms with van der Waals surface area (Å²) in [5, 5.41) is 9.27. The second-order valence-corrected chi connectivity index (χ2v) is 9.53. The summed E-state index contributed by atoms with van der Waals surface area (Å²) >= 11 is 0. The van der Waals surface area contributed by atoms with Crippen molar-refractivity contribution in [3.8, 4) is 23.3 Å². The molecule has 1 aliphatic rings. The van der Waals surface area contributed by atoms with E-state index in [-0.39, 0.29) is 6.04 Å². The van der Waals surface area contributed by atoms with Crippen molar-refractivity contribution in [1.82, 2.24) is 29.3 Å². The van der Waals surface area contributed by atoms with Crippen molar-refractivity contribution in [2.45, 2.75) is 47.2 Å². The fraction of sp³-hybridized carbons (Fsp3) is 0.312. The van der Waals surface area contributed by atoms with Crippen LogP contribution in [0.1, 0.15) is 45.9 Å². The topological polar surface area (TPSA) is 99.9 Å². The molecular weight excluding hydrogens is 496 g/mol. The van der Waals surface area contributed by atoms with Crippen LogP contribution in [0.3, 0.4) is 0 Å². The number of fused-ring (bicyclic) bond motifs is 1. The summed E-state index contributed by atoms with van der Waals surface area (Å²) in [6.45, 7) is 13.5. The molecule has 1 saturated heterocycles. The highest BCUT2D eigenvalue weighted by Crippen LogP contribution is 2.31. The average Bonchev–Trinajstić information content (AvgIpc) is 3.36. The predicted molar refractivity (Wildman–Crippen MR) is 163 cm³/mol. The van der Waals surface area contributed by atoms with Gasteiger partial charge in [0.25, 0.3) is 0 Å². The van der Waals surface area contributed by atoms with Crippen LogP contribution in [0, 0.1) is 11.5 Å². The zero-order chi connectivity index (χ0) is 28.6. The number of piperazine rings is 1. The first kappa shape index (κ1) is 28.5. The van der Waals surface area contributed by atoms with Gasteiger partial charge in [0.2, 0.25) is 0 Å². The molecule has 206 valence electrons. The molecule has 40 heavy (non-hydrogen) atoms. The Morgan fingerprint density at radius 2 is 1.85 bits per heavy atom. The van der Waals surface area contributed by atoms with Gasteiger partial charge in [0.1, 0.15) is 11.3 Å². The van der Waals surface area contributed by atoms with Crippen LogP contribution in [-0.2, 0) is 6.54 Å². The lowest BCUT2D eigenvalue weighted by Gasteiger charge is -2.36. The zero-order valence-electron chi connectivity index (χ0n) is 24.0. The van der Waals surface area contributed by atoms with E-state index in [1.807, 2.05) is 62.9 Å². The Kier molecular flexibility index (Phi) is 9.31. The molecule has 0 spiro atoms. The Hall–Kier alpha value is -4.48. The van der Waals surface area contributed by atoms with Crippen LogP contribution in [0.15, 0.2) is 73.0 Å². The number of imidazole rings is 1. The van der Waals surface area contributed by atoms with Gasteiger partial charge < -0.3 is 10.6 Å². The number of nitrogen functional groups attached to an aromatic ring is 1. The number of pyridine rings is 2. The highest BCUT2D eigenvalue weighted by atomic mass is 15.3. The molecule has 5 rings (SSSR count). The monoisotopic (exact) mass is 534 g/mol. The highest BCUT2D eigenvalue weighted by molar-refractivity contribution is 5.85. The van der Waals surface area contributed by atoms with Crippen LogP contribution in [0.25, 0.3) is 33.8 Å². The van der Waals surface area contributed by atoms with E-state index in [9.17, 15) is 5.26 Å². The van der Waals surface area contributed by atoms with Crippen LogP contribution in [-0.4, -0.2) is 55.0 Å². The van der Waals surface area contributed by atoms with Crippen molar-refractivity contribution in [3.05, 3.63) is 84.2 Å². The minimum atomic E-state index is 0.225. The van der Waals surface area contributed by atoms with Crippen molar-refractivity contribution in [3.63, 3.8) is 0 Å². The van der Waals surface area contributed by atoms with Crippen molar-refractivity contribution < 1.29 is 0 Å². The van der Waals surface area contributed by atoms with Gasteiger partial charge in [0.05, 0.1) is 11.3 Å². The molecule has 0 aliphatic carbocycles. The number of nitrogens with zero attached hydrogens (tertiary/aromatic N) is 7. The summed E-state index contributed by atoms with van der Waals surface area (Å²) in [6, 6.07) is 16.6. The maximum absolute atomic E-state index is 9.27. The summed E-state index contributed by atoms with van der Waals surface area (Å²) in [4.78, 5) is 18.5. The summed E-state index contributed by atoms with van der Waals surface area (Å²) in [5.41, 5.74) is 12.7. The number of allylic oxidation sites excluding steroid dienone is 4. The zero-order valence-corrected chi connectivity index (χ0v) is 24.0. The van der Waals surface area contributed by atoms with Gasteiger partial charge in [-0.2, -0.15) is 5.26 Å². The van der Waals surface area contributed by atoms with Gasteiger partial charge in [-0.1, -0.05) is 44.2 Å². The Morgan fingerprint density at radius 3 is 2.50 bits per heavy atom. The summed E-state index contributed by atoms with van der Waals surface area (Å²) < 4.78 is 2.06. The molecule has 1 aromatic carbocycles. The van der Waals surface area contributed by atoms with Gasteiger partial charge in [-0.05, 0) is 68.3 Å². The predicted octanol–water partition coefficient (Wildman–Crippen LogP) is 6.06. The largest absolute Gasteiger partial charge is 0.383 e. The lowest BCUT2D eigenvalue weighted by Crippen LogP contribution is -2.49. The first-order valence-corrected chi connectivity index (χ1v) is 13.9. The Labute approximate surface area is 237 Å². The lowest BCUT2D eigenvalue weighted by molar-refractivity contribution is 0.121. The Balaban J connectivity index is 0.00000181. The molecule has 0 saturated carbocycles. The minimum Gasteiger partial charge on any atom is -0.383 e. The normalized spacial score (nSPS) is 16.1. The number of anilines is 1. The van der Waals surface area contributed by atoms with Gasteiger partial charge in [-0.3, -0.25) is 9.47 Å². The molecule has 8 nitrogen and oxygen atoms in total. The average molecular weight is 535 g/mol. The smallest absolute Gasteiger partial charge is 0.179 e. The van der Waals surface area contributed by atoms with E-state index in [2.05, 4.69) is 64.0 Å². The van der Waals surface area contributed by atoms with Gasteiger partial charge in [0, 0.05) is 44.1 Å². The molecule has 1 unspecified atom stereocenters. The second-order valence-electron chi connectivity index (χ2n) is 9.53. The number of hydrogen-bond donors (Lipinski definition) is 1. The van der Waals surface area contributed by atoms with E-state index in [4.69, 9.17) is 15.7 Å². The van der Waals surface area contributed by atoms with E-state index in [0.717, 1.165) is 59.9 Å². The second kappa shape index (κ2) is 13.0. The van der Waals surface area contributed by atoms with Crippen LogP contribution < -0.4 is 5.73 Å². The fourth-order valence-corrected chi connectivity index (χ4v) is 4.99. The molecule has 1 fully saturated rings. The maximum atomic E-state index is 9.27. The minimum absolute atomic E-state index is 0.225. The third kappa shape index (κ3) is 5.90. The van der Waals surface area contributed by atoms with Crippen molar-refractivity contribution in [2.75, 3.05) is 25.4 Å². The van der Waals surface area contributed by atoms with E-state index in [1.165, 1.54) is 5.56 Å². The molecule has 0 amide bonds. The first-order chi connectivity index (χ1) is 19.5. The number of hydrogen-bond acceptors (Lipinski definition) is 7. The SMILES string of the molecule is C/C=C\C(=C/C)c1ccc2nc(-c3cccnc3N)n(-c3ccc(CN4CCN(C#N)C(C)C4)cc3)c2n1.CC. The number of nitriles is 1. The van der Waals surface area contributed by atoms with Crippen molar-refractivity contribution in [1.29, 1.82) is 5.26 Å². The Bertz CT molecular complexity index is 1540. The van der Waals surface area contributed by atoms with E-state index in [1.54, 1.807) is 6.20 Å². The van der Waals surface area contributed by atoms with Gasteiger partial charge >= 0.3 is 0 Å². The summed E-state index contributed by atoms with van der Waals surface area (Å²) in [7, 11) is 0. The number of nitrogens with two attached hydrogens (primary N) is 1. The third-order valence-electron chi connectivity index (χ3n) is 6.98. The quantitative estimate of drug-likeness (QED) is 0.237. The summed E-state index contributed by atoms with van der Waals surface area (Å²) in [5.74, 6) is 1.13. The molecule has 0 bridgehead atoms. The molecule has 0 radical (unpaired) electrons. The summed E-state index contributed by atoms with van der Waals surface area (Å²) in [6.07, 6.45) is 10.1. The molecule has 4 heterocycles. The lowest BCUT2D eigenvalue weighted by atomic mass is 10.1. The van der Waals surface area contributed by atoms with Crippen LogP contribution >= 0.6 is 0 Å². The van der Waals surface area contributed by atoms with E-state index >= 15 is 0 Å². The Morgan fingerprint density at radius 1 is 1.07 bits per heavy atom. The fourth-order valence-electron chi connectivity index (χ4n) is 4.99. The highest BCUT2D eigenvalue weighted by Gasteiger charge is 2.23. The molecule has 2 N–H and O–H groups in total. The number of aromatic nitrogens is 4. The van der Waals surface area contributed by atoms with Gasteiger partial charge in [-0.25, -0.2) is 15.0 Å². The molecule has 3 aromatic heterocycles. The van der Waals surface area contributed by atoms with Gasteiger partial charge in [0.15, 0.2) is 17.7 Å². The molecule has 1 aliphatic heterocycles. The van der Waals surface area contributed by atoms with E-state index < -0.39 is 0 Å². The number of rotatable bonds is 6. The van der Waals surface area contributed by atoms with Gasteiger partial charge in [-0.15, -0.1) is 0 Å². The van der Waals surface area contributed by atoms with Crippen LogP contribution in [0.5, 0.6) is 0 Å². The molecule has 4 aromatic rings. The molecule has 1 atom stereocenters. The van der Waals surface area contributed by atoms with Crippen molar-refractivity contribution in [2.24, 2.45) is 0 Å². The first-order valence-electron chi connectivity index (χ1n) is 13.9. The van der Waals surface area contributed by atoms with Crippen LogP contribution in [0.2, 0.25) is 0 Å². The standard InChI is InChI=1S/C30H32N8.C2H6/c1-4-7-23(5-2)26-13-14-27-30(34-26)38(29(35-27)25-8-6-15-33-28(25)32)24-11-9-22(10-12-24)19-36-16-17-37(20-31)21(3)18-36;1-2/h4-15,21H,16-19H2,1-3H3,(H2,32,33);1-2H3/b7-4-,23-5+;. The molecule has 8 heteroatoms. The van der Waals surface area contributed by atoms with Crippen molar-refractivity contribution >= 4 is 22.6 Å². The van der Waals surface area contributed by atoms with Crippen LogP contribution in [0.4, 0.5) is 5.82 Å². The van der Waals surface area contributed by atoms with E-state index in [0.29, 0.717) is 11.6 Å². The number of benzene rings is 1. The maximum Gasteiger partial charge on any atom is 0.179 e.